The molecule has 102 valence electrons. The highest BCUT2D eigenvalue weighted by Gasteiger charge is 2.10. The second-order valence-electron chi connectivity index (χ2n) is 4.84. The van der Waals surface area contributed by atoms with Crippen LogP contribution in [0.25, 0.3) is 0 Å². The fourth-order valence-corrected chi connectivity index (χ4v) is 2.60. The number of halogens is 1. The van der Waals surface area contributed by atoms with Gasteiger partial charge in [-0.3, -0.25) is 4.79 Å². The Morgan fingerprint density at radius 1 is 1.37 bits per heavy atom. The molecule has 3 nitrogen and oxygen atoms in total. The second-order valence-corrected chi connectivity index (χ2v) is 5.76. The molecule has 4 heteroatoms. The van der Waals surface area contributed by atoms with Gasteiger partial charge in [0.05, 0.1) is 6.54 Å². The van der Waals surface area contributed by atoms with Crippen molar-refractivity contribution in [2.24, 2.45) is 5.92 Å². The van der Waals surface area contributed by atoms with Crippen molar-refractivity contribution in [1.29, 1.82) is 0 Å². The fourth-order valence-electron chi connectivity index (χ4n) is 2.20. The highest BCUT2D eigenvalue weighted by molar-refractivity contribution is 9.10. The van der Waals surface area contributed by atoms with E-state index >= 15 is 0 Å². The van der Waals surface area contributed by atoms with Crippen LogP contribution >= 0.6 is 15.9 Å². The first-order valence-corrected chi connectivity index (χ1v) is 7.44. The van der Waals surface area contributed by atoms with Crippen LogP contribution in [0.15, 0.2) is 40.9 Å². The lowest BCUT2D eigenvalue weighted by Gasteiger charge is -2.17. The SMILES string of the molecule is O=C(CNCC1CC=CCC1)Nc1cccc(Br)c1. The summed E-state index contributed by atoms with van der Waals surface area (Å²) in [6, 6.07) is 7.62. The zero-order chi connectivity index (χ0) is 13.5. The van der Waals surface area contributed by atoms with Crippen molar-refractivity contribution in [3.05, 3.63) is 40.9 Å². The molecule has 1 aliphatic carbocycles. The van der Waals surface area contributed by atoms with Crippen molar-refractivity contribution in [2.75, 3.05) is 18.4 Å². The summed E-state index contributed by atoms with van der Waals surface area (Å²) in [5.41, 5.74) is 0.821. The maximum atomic E-state index is 11.8. The van der Waals surface area contributed by atoms with E-state index in [0.717, 1.165) is 29.5 Å². The summed E-state index contributed by atoms with van der Waals surface area (Å²) in [6.07, 6.45) is 7.97. The van der Waals surface area contributed by atoms with Gasteiger partial charge in [0.15, 0.2) is 0 Å². The normalized spacial score (nSPS) is 18.3. The lowest BCUT2D eigenvalue weighted by molar-refractivity contribution is -0.115. The molecule has 1 amide bonds. The van der Waals surface area contributed by atoms with Gasteiger partial charge in [0.1, 0.15) is 0 Å². The van der Waals surface area contributed by atoms with E-state index in [1.54, 1.807) is 0 Å². The molecule has 19 heavy (non-hydrogen) atoms. The van der Waals surface area contributed by atoms with Gasteiger partial charge in [-0.2, -0.15) is 0 Å². The average molecular weight is 323 g/mol. The molecule has 2 N–H and O–H groups in total. The van der Waals surface area contributed by atoms with Crippen molar-refractivity contribution in [1.82, 2.24) is 5.32 Å². The Labute approximate surface area is 122 Å². The predicted octanol–water partition coefficient (Wildman–Crippen LogP) is 3.33. The van der Waals surface area contributed by atoms with Crippen molar-refractivity contribution in [3.63, 3.8) is 0 Å². The minimum absolute atomic E-state index is 0.00412. The second kappa shape index (κ2) is 7.46. The Kier molecular flexibility index (Phi) is 5.61. The first-order valence-electron chi connectivity index (χ1n) is 6.65. The average Bonchev–Trinajstić information content (AvgIpc) is 2.40. The predicted molar refractivity (Wildman–Crippen MR) is 82.1 cm³/mol. The van der Waals surface area contributed by atoms with Crippen molar-refractivity contribution in [3.8, 4) is 0 Å². The lowest BCUT2D eigenvalue weighted by Crippen LogP contribution is -2.32. The fraction of sp³-hybridized carbons (Fsp3) is 0.400. The summed E-state index contributed by atoms with van der Waals surface area (Å²) < 4.78 is 0.965. The summed E-state index contributed by atoms with van der Waals surface area (Å²) >= 11 is 3.38. The Bertz CT molecular complexity index is 459. The molecule has 0 saturated heterocycles. The van der Waals surface area contributed by atoms with Crippen molar-refractivity contribution >= 4 is 27.5 Å². The van der Waals surface area contributed by atoms with Crippen LogP contribution in [0.2, 0.25) is 0 Å². The Morgan fingerprint density at radius 2 is 2.26 bits per heavy atom. The van der Waals surface area contributed by atoms with E-state index in [4.69, 9.17) is 0 Å². The van der Waals surface area contributed by atoms with Crippen LogP contribution in [0.5, 0.6) is 0 Å². The van der Waals surface area contributed by atoms with Crippen molar-refractivity contribution in [2.45, 2.75) is 19.3 Å². The summed E-state index contributed by atoms with van der Waals surface area (Å²) in [4.78, 5) is 11.8. The topological polar surface area (TPSA) is 41.1 Å². The van der Waals surface area contributed by atoms with E-state index in [-0.39, 0.29) is 5.91 Å². The van der Waals surface area contributed by atoms with Gasteiger partial charge >= 0.3 is 0 Å². The molecule has 1 aromatic carbocycles. The minimum atomic E-state index is 0.00412. The van der Waals surface area contributed by atoms with Crippen LogP contribution < -0.4 is 10.6 Å². The van der Waals surface area contributed by atoms with Crippen LogP contribution in [-0.2, 0) is 4.79 Å². The minimum Gasteiger partial charge on any atom is -0.325 e. The lowest BCUT2D eigenvalue weighted by atomic mass is 9.94. The van der Waals surface area contributed by atoms with Crippen LogP contribution in [-0.4, -0.2) is 19.0 Å². The van der Waals surface area contributed by atoms with Crippen LogP contribution in [0.4, 0.5) is 5.69 Å². The smallest absolute Gasteiger partial charge is 0.238 e. The molecule has 0 spiro atoms. The number of allylic oxidation sites excluding steroid dienone is 2. The van der Waals surface area contributed by atoms with Gasteiger partial charge in [0.25, 0.3) is 0 Å². The third kappa shape index (κ3) is 5.17. The van der Waals surface area contributed by atoms with Crippen LogP contribution in [0, 0.1) is 5.92 Å². The Balaban J connectivity index is 1.68. The van der Waals surface area contributed by atoms with E-state index < -0.39 is 0 Å². The summed E-state index contributed by atoms with van der Waals surface area (Å²) in [6.45, 7) is 1.28. The largest absolute Gasteiger partial charge is 0.325 e. The highest BCUT2D eigenvalue weighted by atomic mass is 79.9. The number of carbonyl (C=O) groups is 1. The molecule has 0 bridgehead atoms. The number of rotatable bonds is 5. The quantitative estimate of drug-likeness (QED) is 0.816. The third-order valence-electron chi connectivity index (χ3n) is 3.20. The van der Waals surface area contributed by atoms with E-state index in [2.05, 4.69) is 38.7 Å². The highest BCUT2D eigenvalue weighted by Crippen LogP contribution is 2.17. The molecule has 2 rings (SSSR count). The van der Waals surface area contributed by atoms with E-state index in [9.17, 15) is 4.79 Å². The molecule has 0 saturated carbocycles. The van der Waals surface area contributed by atoms with Gasteiger partial charge in [-0.25, -0.2) is 0 Å². The molecule has 1 unspecified atom stereocenters. The van der Waals surface area contributed by atoms with E-state index in [1.807, 2.05) is 24.3 Å². The Hall–Kier alpha value is -1.13. The molecule has 1 aromatic rings. The van der Waals surface area contributed by atoms with Gasteiger partial charge in [0.2, 0.25) is 5.91 Å². The summed E-state index contributed by atoms with van der Waals surface area (Å²) in [5, 5.41) is 6.11. The zero-order valence-corrected chi connectivity index (χ0v) is 12.4. The first kappa shape index (κ1) is 14.3. The number of anilines is 1. The Morgan fingerprint density at radius 3 is 3.00 bits per heavy atom. The number of benzene rings is 1. The third-order valence-corrected chi connectivity index (χ3v) is 3.70. The number of carbonyl (C=O) groups excluding carboxylic acids is 1. The van der Waals surface area contributed by atoms with Gasteiger partial charge < -0.3 is 10.6 Å². The standard InChI is InChI=1S/C15H19BrN2O/c16-13-7-4-8-14(9-13)18-15(19)11-17-10-12-5-2-1-3-6-12/h1-2,4,7-9,12,17H,3,5-6,10-11H2,(H,18,19). The summed E-state index contributed by atoms with van der Waals surface area (Å²) in [7, 11) is 0. The van der Waals surface area contributed by atoms with Crippen molar-refractivity contribution < 1.29 is 4.79 Å². The van der Waals surface area contributed by atoms with Gasteiger partial charge in [-0.1, -0.05) is 34.1 Å². The summed E-state index contributed by atoms with van der Waals surface area (Å²) in [5.74, 6) is 0.674. The number of nitrogens with one attached hydrogen (secondary N) is 2. The van der Waals surface area contributed by atoms with Gasteiger partial charge in [0, 0.05) is 10.2 Å². The monoisotopic (exact) mass is 322 g/mol. The van der Waals surface area contributed by atoms with Crippen LogP contribution in [0.3, 0.4) is 0 Å². The van der Waals surface area contributed by atoms with Crippen LogP contribution in [0.1, 0.15) is 19.3 Å². The molecule has 0 radical (unpaired) electrons. The molecular formula is C15H19BrN2O. The number of hydrogen-bond acceptors (Lipinski definition) is 2. The van der Waals surface area contributed by atoms with E-state index in [1.165, 1.54) is 6.42 Å². The van der Waals surface area contributed by atoms with Gasteiger partial charge in [-0.15, -0.1) is 0 Å². The maximum Gasteiger partial charge on any atom is 0.238 e. The molecule has 1 aliphatic rings. The van der Waals surface area contributed by atoms with Gasteiger partial charge in [-0.05, 0) is 49.9 Å². The number of hydrogen-bond donors (Lipinski definition) is 2. The molecule has 0 aliphatic heterocycles. The molecular weight excluding hydrogens is 304 g/mol. The van der Waals surface area contributed by atoms with E-state index in [0.29, 0.717) is 12.5 Å². The zero-order valence-electron chi connectivity index (χ0n) is 10.9. The maximum absolute atomic E-state index is 11.8. The molecule has 0 heterocycles. The first-order chi connectivity index (χ1) is 9.24. The molecule has 0 aromatic heterocycles. The molecule has 0 fully saturated rings. The molecule has 1 atom stereocenters. The number of amides is 1.